The summed E-state index contributed by atoms with van der Waals surface area (Å²) >= 11 is 0. The molecule has 4 nitrogen and oxygen atoms in total. The van der Waals surface area contributed by atoms with Crippen molar-refractivity contribution in [3.8, 4) is 0 Å². The molecule has 1 aromatic heterocycles. The number of aliphatic hydroxyl groups is 1. The monoisotopic (exact) mass is 439 g/mol. The van der Waals surface area contributed by atoms with E-state index in [9.17, 15) is 9.50 Å². The van der Waals surface area contributed by atoms with Crippen molar-refractivity contribution in [3.05, 3.63) is 72.2 Å². The summed E-state index contributed by atoms with van der Waals surface area (Å²) in [7, 11) is 2.13. The molecule has 29 heavy (non-hydrogen) atoms. The molecule has 0 aliphatic carbocycles. The third kappa shape index (κ3) is 5.30. The number of fused-ring (bicyclic) bond motifs is 1. The van der Waals surface area contributed by atoms with E-state index in [0.29, 0.717) is 6.54 Å². The van der Waals surface area contributed by atoms with Gasteiger partial charge in [0.1, 0.15) is 5.82 Å². The van der Waals surface area contributed by atoms with E-state index in [1.54, 1.807) is 12.1 Å². The summed E-state index contributed by atoms with van der Waals surface area (Å²) in [6, 6.07) is 16.6. The summed E-state index contributed by atoms with van der Waals surface area (Å²) in [6.07, 6.45) is 1.39. The molecular weight excluding hydrogens is 412 g/mol. The number of piperazine rings is 1. The number of rotatable bonds is 5. The lowest BCUT2D eigenvalue weighted by molar-refractivity contribution is 0.0594. The highest BCUT2D eigenvalue weighted by Crippen LogP contribution is 2.29. The molecule has 0 amide bonds. The Morgan fingerprint density at radius 2 is 1.66 bits per heavy atom. The number of β-amino-alcohol motifs (C(OH)–C–C–N with tert-alkyl or cyclic N) is 1. The second-order valence-corrected chi connectivity index (χ2v) is 7.45. The summed E-state index contributed by atoms with van der Waals surface area (Å²) in [5.74, 6) is -0.241. The number of hydrogen-bond acceptors (Lipinski definition) is 3. The molecule has 1 saturated heterocycles. The first-order chi connectivity index (χ1) is 13.1. The number of nitrogens with zero attached hydrogens (tertiary/aromatic N) is 3. The SMILES string of the molecule is CN1CCN(CC(O)[C@H](c2ccccc2)n2ccc3cc(F)ccc32)CC1.Cl.Cl. The van der Waals surface area contributed by atoms with E-state index < -0.39 is 6.10 Å². The third-order valence-electron chi connectivity index (χ3n) is 5.53. The topological polar surface area (TPSA) is 31.6 Å². The van der Waals surface area contributed by atoms with Gasteiger partial charge in [0, 0.05) is 49.8 Å². The van der Waals surface area contributed by atoms with Crippen LogP contribution in [0.3, 0.4) is 0 Å². The van der Waals surface area contributed by atoms with Gasteiger partial charge in [-0.15, -0.1) is 24.8 Å². The number of halogens is 3. The molecule has 0 spiro atoms. The van der Waals surface area contributed by atoms with Crippen LogP contribution in [0.5, 0.6) is 0 Å². The molecular formula is C22H28Cl2FN3O. The van der Waals surface area contributed by atoms with Gasteiger partial charge in [0.05, 0.1) is 12.1 Å². The highest BCUT2D eigenvalue weighted by molar-refractivity contribution is 5.85. The predicted octanol–water partition coefficient (Wildman–Crippen LogP) is 3.82. The molecule has 3 aromatic rings. The van der Waals surface area contributed by atoms with Gasteiger partial charge in [0.25, 0.3) is 0 Å². The first kappa shape index (κ1) is 23.6. The lowest BCUT2D eigenvalue weighted by atomic mass is 10.00. The highest BCUT2D eigenvalue weighted by atomic mass is 35.5. The lowest BCUT2D eigenvalue weighted by Gasteiger charge is -2.36. The molecule has 1 unspecified atom stereocenters. The second-order valence-electron chi connectivity index (χ2n) is 7.45. The fourth-order valence-electron chi connectivity index (χ4n) is 3.99. The van der Waals surface area contributed by atoms with Gasteiger partial charge in [0.15, 0.2) is 0 Å². The van der Waals surface area contributed by atoms with E-state index in [0.717, 1.165) is 42.6 Å². The minimum atomic E-state index is -0.559. The van der Waals surface area contributed by atoms with Gasteiger partial charge in [-0.2, -0.15) is 0 Å². The Bertz CT molecular complexity index is 897. The Balaban J connectivity index is 0.00000150. The van der Waals surface area contributed by atoms with Crippen LogP contribution in [0.2, 0.25) is 0 Å². The molecule has 0 saturated carbocycles. The summed E-state index contributed by atoms with van der Waals surface area (Å²) in [5, 5.41) is 12.1. The van der Waals surface area contributed by atoms with E-state index >= 15 is 0 Å². The normalized spacial score (nSPS) is 17.3. The van der Waals surface area contributed by atoms with Crippen molar-refractivity contribution in [1.29, 1.82) is 0 Å². The fourth-order valence-corrected chi connectivity index (χ4v) is 3.99. The minimum Gasteiger partial charge on any atom is -0.389 e. The van der Waals surface area contributed by atoms with Crippen LogP contribution in [0.15, 0.2) is 60.8 Å². The van der Waals surface area contributed by atoms with E-state index in [4.69, 9.17) is 0 Å². The lowest BCUT2D eigenvalue weighted by Crippen LogP contribution is -2.48. The molecule has 158 valence electrons. The molecule has 7 heteroatoms. The Labute approximate surface area is 183 Å². The summed E-state index contributed by atoms with van der Waals surface area (Å²) in [4.78, 5) is 4.64. The average molecular weight is 440 g/mol. The molecule has 1 N–H and O–H groups in total. The zero-order valence-electron chi connectivity index (χ0n) is 16.4. The molecule has 1 aliphatic rings. The highest BCUT2D eigenvalue weighted by Gasteiger charge is 2.27. The van der Waals surface area contributed by atoms with Crippen molar-refractivity contribution >= 4 is 35.7 Å². The maximum Gasteiger partial charge on any atom is 0.123 e. The van der Waals surface area contributed by atoms with Crippen LogP contribution in [-0.4, -0.2) is 65.3 Å². The van der Waals surface area contributed by atoms with Gasteiger partial charge in [-0.05, 0) is 36.9 Å². The number of benzene rings is 2. The van der Waals surface area contributed by atoms with Crippen LogP contribution in [0.4, 0.5) is 4.39 Å². The van der Waals surface area contributed by atoms with Crippen LogP contribution in [0.1, 0.15) is 11.6 Å². The minimum absolute atomic E-state index is 0. The van der Waals surface area contributed by atoms with Crippen molar-refractivity contribution in [2.24, 2.45) is 0 Å². The molecule has 1 aliphatic heterocycles. The Hall–Kier alpha value is -1.63. The molecule has 2 atom stereocenters. The van der Waals surface area contributed by atoms with Crippen molar-refractivity contribution in [2.45, 2.75) is 12.1 Å². The molecule has 0 radical (unpaired) electrons. The smallest absolute Gasteiger partial charge is 0.123 e. The molecule has 4 rings (SSSR count). The molecule has 1 fully saturated rings. The van der Waals surface area contributed by atoms with Crippen molar-refractivity contribution in [2.75, 3.05) is 39.8 Å². The first-order valence-corrected chi connectivity index (χ1v) is 9.52. The van der Waals surface area contributed by atoms with Gasteiger partial charge in [-0.1, -0.05) is 30.3 Å². The third-order valence-corrected chi connectivity index (χ3v) is 5.53. The van der Waals surface area contributed by atoms with Crippen molar-refractivity contribution < 1.29 is 9.50 Å². The number of aromatic nitrogens is 1. The maximum atomic E-state index is 13.6. The van der Waals surface area contributed by atoms with Crippen LogP contribution in [0, 0.1) is 5.82 Å². The van der Waals surface area contributed by atoms with Crippen LogP contribution < -0.4 is 0 Å². The first-order valence-electron chi connectivity index (χ1n) is 9.52. The van der Waals surface area contributed by atoms with E-state index in [1.807, 2.05) is 42.6 Å². The fraction of sp³-hybridized carbons (Fsp3) is 0.364. The molecule has 2 heterocycles. The van der Waals surface area contributed by atoms with Gasteiger partial charge < -0.3 is 14.6 Å². The zero-order valence-corrected chi connectivity index (χ0v) is 18.1. The number of likely N-dealkylation sites (N-methyl/N-ethyl adjacent to an activating group) is 1. The molecule has 2 aromatic carbocycles. The van der Waals surface area contributed by atoms with Gasteiger partial charge in [-0.25, -0.2) is 4.39 Å². The Kier molecular flexibility index (Phi) is 8.49. The Morgan fingerprint density at radius 1 is 0.966 bits per heavy atom. The van der Waals surface area contributed by atoms with Crippen LogP contribution >= 0.6 is 24.8 Å². The Morgan fingerprint density at radius 3 is 2.34 bits per heavy atom. The quantitative estimate of drug-likeness (QED) is 0.655. The van der Waals surface area contributed by atoms with Crippen LogP contribution in [0.25, 0.3) is 10.9 Å². The zero-order chi connectivity index (χ0) is 18.8. The van der Waals surface area contributed by atoms with Gasteiger partial charge in [0.2, 0.25) is 0 Å². The van der Waals surface area contributed by atoms with E-state index in [-0.39, 0.29) is 36.7 Å². The van der Waals surface area contributed by atoms with Crippen LogP contribution in [-0.2, 0) is 0 Å². The largest absolute Gasteiger partial charge is 0.389 e. The summed E-state index contributed by atoms with van der Waals surface area (Å²) in [5.41, 5.74) is 1.99. The van der Waals surface area contributed by atoms with Gasteiger partial charge >= 0.3 is 0 Å². The van der Waals surface area contributed by atoms with E-state index in [2.05, 4.69) is 21.4 Å². The molecule has 0 bridgehead atoms. The van der Waals surface area contributed by atoms with Crippen molar-refractivity contribution in [1.82, 2.24) is 14.4 Å². The maximum absolute atomic E-state index is 13.6. The standard InChI is InChI=1S/C22H26FN3O.2ClH/c1-24-11-13-25(14-12-24)16-21(27)22(17-5-3-2-4-6-17)26-10-9-18-15-19(23)7-8-20(18)26;;/h2-10,15,21-22,27H,11-14,16H2,1H3;2*1H/t21?,22-;;/m0../s1. The van der Waals surface area contributed by atoms with Gasteiger partial charge in [-0.3, -0.25) is 4.90 Å². The van der Waals surface area contributed by atoms with Crippen molar-refractivity contribution in [3.63, 3.8) is 0 Å². The number of aliphatic hydroxyl groups excluding tert-OH is 1. The predicted molar refractivity (Wildman–Crippen MR) is 121 cm³/mol. The average Bonchev–Trinajstić information content (AvgIpc) is 3.07. The summed E-state index contributed by atoms with van der Waals surface area (Å²) in [6.45, 7) is 4.59. The van der Waals surface area contributed by atoms with E-state index in [1.165, 1.54) is 6.07 Å². The number of hydrogen-bond donors (Lipinski definition) is 1. The second kappa shape index (κ2) is 10.4. The summed E-state index contributed by atoms with van der Waals surface area (Å²) < 4.78 is 15.7.